The highest BCUT2D eigenvalue weighted by molar-refractivity contribution is 7.89. The van der Waals surface area contributed by atoms with E-state index in [-0.39, 0.29) is 17.3 Å². The lowest BCUT2D eigenvalue weighted by molar-refractivity contribution is 0.121. The Kier molecular flexibility index (Phi) is 6.85. The van der Waals surface area contributed by atoms with Crippen LogP contribution in [0.1, 0.15) is 18.9 Å². The lowest BCUT2D eigenvalue weighted by atomic mass is 10.1. The molecule has 1 aromatic carbocycles. The van der Waals surface area contributed by atoms with Crippen LogP contribution in [0.3, 0.4) is 0 Å². The van der Waals surface area contributed by atoms with Gasteiger partial charge >= 0.3 is 0 Å². The molecule has 1 rings (SSSR count). The van der Waals surface area contributed by atoms with Crippen molar-refractivity contribution in [2.75, 3.05) is 19.0 Å². The zero-order valence-electron chi connectivity index (χ0n) is 11.2. The molecule has 7 heteroatoms. The van der Waals surface area contributed by atoms with Crippen LogP contribution in [0.5, 0.6) is 0 Å². The number of aryl methyl sites for hydroxylation is 1. The van der Waals surface area contributed by atoms with E-state index in [1.165, 1.54) is 12.1 Å². The molecular weight excluding hydrogens is 308 g/mol. The van der Waals surface area contributed by atoms with Crippen LogP contribution < -0.4 is 0 Å². The van der Waals surface area contributed by atoms with Crippen LogP contribution in [0.4, 0.5) is 8.78 Å². The number of nitrogens with zero attached hydrogens (tertiary/aromatic N) is 1. The monoisotopic (exact) mass is 325 g/mol. The summed E-state index contributed by atoms with van der Waals surface area (Å²) in [5.41, 5.74) is 1.02. The molecule has 0 aliphatic carbocycles. The van der Waals surface area contributed by atoms with Gasteiger partial charge in [-0.2, -0.15) is 4.31 Å². The number of benzene rings is 1. The van der Waals surface area contributed by atoms with E-state index in [1.807, 2.05) is 6.92 Å². The standard InChI is InChI=1S/C13H18ClF2NO2S/c1-2-3-11-4-6-12(7-5-11)20(18,19)17(9-8-14)10-13(15)16/h4-7,13H,2-3,8-10H2,1H3. The molecule has 0 unspecified atom stereocenters. The first kappa shape index (κ1) is 17.3. The Balaban J connectivity index is 2.99. The van der Waals surface area contributed by atoms with Crippen LogP contribution in [0.25, 0.3) is 0 Å². The summed E-state index contributed by atoms with van der Waals surface area (Å²) in [5.74, 6) is -0.0279. The van der Waals surface area contributed by atoms with Crippen molar-refractivity contribution in [2.45, 2.75) is 31.1 Å². The summed E-state index contributed by atoms with van der Waals surface area (Å²) in [4.78, 5) is 0.0168. The molecule has 0 bridgehead atoms. The second-order valence-corrected chi connectivity index (χ2v) is 6.65. The zero-order valence-corrected chi connectivity index (χ0v) is 12.8. The quantitative estimate of drug-likeness (QED) is 0.689. The van der Waals surface area contributed by atoms with Gasteiger partial charge in [0, 0.05) is 12.4 Å². The highest BCUT2D eigenvalue weighted by Gasteiger charge is 2.26. The smallest absolute Gasteiger partial charge is 0.209 e. The molecule has 0 N–H and O–H groups in total. The first-order valence-electron chi connectivity index (χ1n) is 6.35. The molecule has 1 aromatic rings. The molecule has 0 amide bonds. The molecule has 0 fully saturated rings. The Hall–Kier alpha value is -0.720. The number of sulfonamides is 1. The van der Waals surface area contributed by atoms with Crippen molar-refractivity contribution < 1.29 is 17.2 Å². The van der Waals surface area contributed by atoms with Crippen molar-refractivity contribution in [1.29, 1.82) is 0 Å². The molecule has 0 saturated heterocycles. The van der Waals surface area contributed by atoms with Crippen LogP contribution in [0.2, 0.25) is 0 Å². The third-order valence-electron chi connectivity index (χ3n) is 2.78. The molecule has 0 saturated carbocycles. The topological polar surface area (TPSA) is 37.4 Å². The van der Waals surface area contributed by atoms with E-state index in [0.29, 0.717) is 0 Å². The Morgan fingerprint density at radius 2 is 1.85 bits per heavy atom. The number of alkyl halides is 3. The molecule has 20 heavy (non-hydrogen) atoms. The van der Waals surface area contributed by atoms with Crippen molar-refractivity contribution in [2.24, 2.45) is 0 Å². The van der Waals surface area contributed by atoms with Crippen LogP contribution in [-0.2, 0) is 16.4 Å². The predicted molar refractivity (Wildman–Crippen MR) is 75.9 cm³/mol. The highest BCUT2D eigenvalue weighted by atomic mass is 35.5. The number of rotatable bonds is 8. The second kappa shape index (κ2) is 7.90. The molecule has 0 aromatic heterocycles. The van der Waals surface area contributed by atoms with Crippen LogP contribution in [0, 0.1) is 0 Å². The maximum absolute atomic E-state index is 12.5. The second-order valence-electron chi connectivity index (χ2n) is 4.34. The van der Waals surface area contributed by atoms with Gasteiger partial charge in [0.2, 0.25) is 10.0 Å². The normalized spacial score (nSPS) is 12.3. The molecule has 0 atom stereocenters. The molecule has 0 radical (unpaired) electrons. The summed E-state index contributed by atoms with van der Waals surface area (Å²) in [5, 5.41) is 0. The summed E-state index contributed by atoms with van der Waals surface area (Å²) in [6.45, 7) is 1.05. The van der Waals surface area contributed by atoms with Crippen molar-refractivity contribution in [3.63, 3.8) is 0 Å². The van der Waals surface area contributed by atoms with Crippen LogP contribution in [0.15, 0.2) is 29.2 Å². The molecule has 0 aliphatic heterocycles. The van der Waals surface area contributed by atoms with Gasteiger partial charge in [-0.3, -0.25) is 0 Å². The maximum Gasteiger partial charge on any atom is 0.252 e. The van der Waals surface area contributed by atoms with Crippen molar-refractivity contribution in [1.82, 2.24) is 4.31 Å². The van der Waals surface area contributed by atoms with Crippen molar-refractivity contribution >= 4 is 21.6 Å². The van der Waals surface area contributed by atoms with E-state index in [4.69, 9.17) is 11.6 Å². The third kappa shape index (κ3) is 4.68. The molecule has 114 valence electrons. The zero-order chi connectivity index (χ0) is 15.2. The third-order valence-corrected chi connectivity index (χ3v) is 4.82. The number of hydrogen-bond donors (Lipinski definition) is 0. The van der Waals surface area contributed by atoms with Gasteiger partial charge in [0.1, 0.15) is 0 Å². The highest BCUT2D eigenvalue weighted by Crippen LogP contribution is 2.18. The fourth-order valence-corrected chi connectivity index (χ4v) is 3.55. The van der Waals surface area contributed by atoms with Gasteiger partial charge in [-0.25, -0.2) is 17.2 Å². The van der Waals surface area contributed by atoms with Gasteiger partial charge in [0.15, 0.2) is 0 Å². The van der Waals surface area contributed by atoms with Crippen molar-refractivity contribution in [3.05, 3.63) is 29.8 Å². The molecule has 3 nitrogen and oxygen atoms in total. The Morgan fingerprint density at radius 3 is 2.30 bits per heavy atom. The van der Waals surface area contributed by atoms with Gasteiger partial charge in [-0.1, -0.05) is 25.5 Å². The molecular formula is C13H18ClF2NO2S. The van der Waals surface area contributed by atoms with Crippen LogP contribution in [-0.4, -0.2) is 38.1 Å². The first-order valence-corrected chi connectivity index (χ1v) is 8.32. The first-order chi connectivity index (χ1) is 9.41. The summed E-state index contributed by atoms with van der Waals surface area (Å²) < 4.78 is 50.2. The van der Waals surface area contributed by atoms with E-state index in [2.05, 4.69) is 0 Å². The van der Waals surface area contributed by atoms with Gasteiger partial charge < -0.3 is 0 Å². The minimum Gasteiger partial charge on any atom is -0.209 e. The summed E-state index contributed by atoms with van der Waals surface area (Å²) in [7, 11) is -3.92. The van der Waals surface area contributed by atoms with E-state index in [0.717, 1.165) is 22.7 Å². The van der Waals surface area contributed by atoms with Crippen LogP contribution >= 0.6 is 11.6 Å². The SMILES string of the molecule is CCCc1ccc(S(=O)(=O)N(CCCl)CC(F)F)cc1. The Labute approximate surface area is 123 Å². The lowest BCUT2D eigenvalue weighted by Crippen LogP contribution is -2.36. The maximum atomic E-state index is 12.5. The number of hydrogen-bond acceptors (Lipinski definition) is 2. The van der Waals surface area contributed by atoms with Gasteiger partial charge in [0.05, 0.1) is 11.4 Å². The minimum atomic E-state index is -3.92. The van der Waals surface area contributed by atoms with Gasteiger partial charge in [-0.05, 0) is 24.1 Å². The Morgan fingerprint density at radius 1 is 1.25 bits per heavy atom. The van der Waals surface area contributed by atoms with E-state index in [1.54, 1.807) is 12.1 Å². The average molecular weight is 326 g/mol. The largest absolute Gasteiger partial charge is 0.252 e. The fourth-order valence-electron chi connectivity index (χ4n) is 1.82. The average Bonchev–Trinajstić information content (AvgIpc) is 2.39. The summed E-state index contributed by atoms with van der Waals surface area (Å²) >= 11 is 5.49. The van der Waals surface area contributed by atoms with Gasteiger partial charge in [-0.15, -0.1) is 11.6 Å². The van der Waals surface area contributed by atoms with Gasteiger partial charge in [0.25, 0.3) is 6.43 Å². The van der Waals surface area contributed by atoms with E-state index in [9.17, 15) is 17.2 Å². The molecule has 0 heterocycles. The Bertz CT molecular complexity index is 506. The summed E-state index contributed by atoms with van der Waals surface area (Å²) in [6, 6.07) is 6.31. The summed E-state index contributed by atoms with van der Waals surface area (Å²) in [6.07, 6.45) is -0.925. The van der Waals surface area contributed by atoms with E-state index >= 15 is 0 Å². The lowest BCUT2D eigenvalue weighted by Gasteiger charge is -2.20. The predicted octanol–water partition coefficient (Wildman–Crippen LogP) is 3.13. The van der Waals surface area contributed by atoms with E-state index < -0.39 is 23.0 Å². The number of halogens is 3. The molecule has 0 spiro atoms. The fraction of sp³-hybridized carbons (Fsp3) is 0.538. The minimum absolute atomic E-state index is 0.0168. The molecule has 0 aliphatic rings. The van der Waals surface area contributed by atoms with Crippen molar-refractivity contribution in [3.8, 4) is 0 Å².